The van der Waals surface area contributed by atoms with E-state index in [0.29, 0.717) is 6.54 Å². The van der Waals surface area contributed by atoms with Crippen LogP contribution in [0.25, 0.3) is 0 Å². The van der Waals surface area contributed by atoms with Gasteiger partial charge in [-0.25, -0.2) is 4.79 Å². The quantitative estimate of drug-likeness (QED) is 0.724. The highest BCUT2D eigenvalue weighted by molar-refractivity contribution is 5.79. The van der Waals surface area contributed by atoms with Crippen molar-refractivity contribution in [2.24, 2.45) is 5.41 Å². The summed E-state index contributed by atoms with van der Waals surface area (Å²) in [6, 6.07) is -0.348. The molecule has 0 spiro atoms. The summed E-state index contributed by atoms with van der Waals surface area (Å²) in [5, 5.41) is 11.2. The number of nitrogens with one attached hydrogen (secondary N) is 1. The smallest absolute Gasteiger partial charge is 0.323 e. The van der Waals surface area contributed by atoms with Crippen molar-refractivity contribution in [3.05, 3.63) is 0 Å². The molecule has 0 aliphatic rings. The molecule has 0 fully saturated rings. The number of amides is 2. The zero-order valence-electron chi connectivity index (χ0n) is 9.83. The second kappa shape index (κ2) is 5.58. The van der Waals surface area contributed by atoms with Crippen LogP contribution in [0, 0.1) is 5.41 Å². The summed E-state index contributed by atoms with van der Waals surface area (Å²) >= 11 is 0. The minimum atomic E-state index is -1.01. The van der Waals surface area contributed by atoms with E-state index in [1.165, 1.54) is 7.05 Å². The zero-order valence-corrected chi connectivity index (χ0v) is 9.83. The van der Waals surface area contributed by atoms with Crippen molar-refractivity contribution in [1.29, 1.82) is 0 Å². The summed E-state index contributed by atoms with van der Waals surface area (Å²) in [5.74, 6) is -1.01. The van der Waals surface area contributed by atoms with E-state index < -0.39 is 5.97 Å². The van der Waals surface area contributed by atoms with Gasteiger partial charge >= 0.3 is 12.0 Å². The predicted octanol–water partition coefficient (Wildman–Crippen LogP) is 1.15. The number of nitrogens with zero attached hydrogens (tertiary/aromatic N) is 1. The van der Waals surface area contributed by atoms with E-state index in [1.54, 1.807) is 0 Å². The third-order valence-corrected chi connectivity index (χ3v) is 2.39. The van der Waals surface area contributed by atoms with E-state index in [0.717, 1.165) is 11.3 Å². The molecular weight excluding hydrogens is 196 g/mol. The second-order valence-corrected chi connectivity index (χ2v) is 4.43. The monoisotopic (exact) mass is 216 g/mol. The molecule has 0 saturated heterocycles. The summed E-state index contributed by atoms with van der Waals surface area (Å²) in [7, 11) is 1.46. The van der Waals surface area contributed by atoms with Gasteiger partial charge in [-0.05, 0) is 11.8 Å². The number of rotatable bonds is 5. The summed E-state index contributed by atoms with van der Waals surface area (Å²) < 4.78 is 0. The van der Waals surface area contributed by atoms with Gasteiger partial charge in [0.15, 0.2) is 0 Å². The topological polar surface area (TPSA) is 69.6 Å². The minimum Gasteiger partial charge on any atom is -0.480 e. The molecule has 0 aromatic heterocycles. The van der Waals surface area contributed by atoms with Crippen LogP contribution in [-0.4, -0.2) is 42.1 Å². The third-order valence-electron chi connectivity index (χ3n) is 2.39. The molecular formula is C10H20N2O3. The van der Waals surface area contributed by atoms with Crippen molar-refractivity contribution in [3.8, 4) is 0 Å². The van der Waals surface area contributed by atoms with Crippen LogP contribution in [0.15, 0.2) is 0 Å². The molecule has 0 aromatic rings. The SMILES string of the molecule is CCC(C)(C)CNC(=O)N(C)CC(=O)O. The number of hydrogen-bond acceptors (Lipinski definition) is 2. The van der Waals surface area contributed by atoms with Gasteiger partial charge in [0.05, 0.1) is 0 Å². The Morgan fingerprint density at radius 3 is 2.33 bits per heavy atom. The molecule has 0 aromatic carbocycles. The molecule has 0 heterocycles. The number of hydrogen-bond donors (Lipinski definition) is 2. The van der Waals surface area contributed by atoms with Gasteiger partial charge < -0.3 is 15.3 Å². The Hall–Kier alpha value is -1.26. The van der Waals surface area contributed by atoms with E-state index >= 15 is 0 Å². The van der Waals surface area contributed by atoms with Crippen molar-refractivity contribution in [1.82, 2.24) is 10.2 Å². The standard InChI is InChI=1S/C10H20N2O3/c1-5-10(2,3)7-11-9(15)12(4)6-8(13)14/h5-7H2,1-4H3,(H,11,15)(H,13,14). The van der Waals surface area contributed by atoms with Crippen LogP contribution in [0.4, 0.5) is 4.79 Å². The Bertz CT molecular complexity index is 239. The number of carbonyl (C=O) groups excluding carboxylic acids is 1. The Morgan fingerprint density at radius 1 is 1.40 bits per heavy atom. The lowest BCUT2D eigenvalue weighted by atomic mass is 9.90. The average molecular weight is 216 g/mol. The predicted molar refractivity (Wildman–Crippen MR) is 57.7 cm³/mol. The maximum atomic E-state index is 11.4. The lowest BCUT2D eigenvalue weighted by molar-refractivity contribution is -0.137. The molecule has 0 radical (unpaired) electrons. The van der Waals surface area contributed by atoms with Gasteiger partial charge in [-0.15, -0.1) is 0 Å². The number of urea groups is 1. The summed E-state index contributed by atoms with van der Waals surface area (Å²) in [5.41, 5.74) is 0.0414. The van der Waals surface area contributed by atoms with Gasteiger partial charge in [-0.3, -0.25) is 4.79 Å². The van der Waals surface area contributed by atoms with Crippen molar-refractivity contribution in [2.45, 2.75) is 27.2 Å². The Balaban J connectivity index is 3.98. The van der Waals surface area contributed by atoms with E-state index in [-0.39, 0.29) is 18.0 Å². The van der Waals surface area contributed by atoms with E-state index in [4.69, 9.17) is 5.11 Å². The molecule has 0 aliphatic heterocycles. The van der Waals surface area contributed by atoms with Crippen LogP contribution in [0.1, 0.15) is 27.2 Å². The fraction of sp³-hybridized carbons (Fsp3) is 0.800. The zero-order chi connectivity index (χ0) is 12.1. The van der Waals surface area contributed by atoms with Gasteiger partial charge in [-0.1, -0.05) is 20.8 Å². The summed E-state index contributed by atoms with van der Waals surface area (Å²) in [4.78, 5) is 22.9. The van der Waals surface area contributed by atoms with Crippen molar-refractivity contribution < 1.29 is 14.7 Å². The number of carboxylic acids is 1. The molecule has 0 atom stereocenters. The van der Waals surface area contributed by atoms with Gasteiger partial charge in [0, 0.05) is 13.6 Å². The van der Waals surface area contributed by atoms with E-state index in [1.807, 2.05) is 20.8 Å². The summed E-state index contributed by atoms with van der Waals surface area (Å²) in [6.45, 7) is 6.41. The lowest BCUT2D eigenvalue weighted by Gasteiger charge is -2.24. The number of aliphatic carboxylic acids is 1. The highest BCUT2D eigenvalue weighted by Gasteiger charge is 2.18. The Kier molecular flexibility index (Phi) is 5.11. The van der Waals surface area contributed by atoms with Gasteiger partial charge in [-0.2, -0.15) is 0 Å². The van der Waals surface area contributed by atoms with Crippen molar-refractivity contribution in [2.75, 3.05) is 20.1 Å². The van der Waals surface area contributed by atoms with Crippen LogP contribution in [0.2, 0.25) is 0 Å². The maximum absolute atomic E-state index is 11.4. The maximum Gasteiger partial charge on any atom is 0.323 e. The molecule has 88 valence electrons. The number of carboxylic acid groups (broad SMARTS) is 1. The highest BCUT2D eigenvalue weighted by Crippen LogP contribution is 2.17. The Morgan fingerprint density at radius 2 is 1.93 bits per heavy atom. The molecule has 2 amide bonds. The van der Waals surface area contributed by atoms with E-state index in [9.17, 15) is 9.59 Å². The van der Waals surface area contributed by atoms with Gasteiger partial charge in [0.1, 0.15) is 6.54 Å². The molecule has 5 heteroatoms. The van der Waals surface area contributed by atoms with Crippen molar-refractivity contribution in [3.63, 3.8) is 0 Å². The summed E-state index contributed by atoms with van der Waals surface area (Å²) in [6.07, 6.45) is 0.954. The molecule has 0 bridgehead atoms. The first kappa shape index (κ1) is 13.7. The number of likely N-dealkylation sites (N-methyl/N-ethyl adjacent to an activating group) is 1. The first-order valence-corrected chi connectivity index (χ1v) is 4.99. The number of carbonyl (C=O) groups is 2. The highest BCUT2D eigenvalue weighted by atomic mass is 16.4. The average Bonchev–Trinajstić information content (AvgIpc) is 2.13. The molecule has 5 nitrogen and oxygen atoms in total. The van der Waals surface area contributed by atoms with Crippen LogP contribution in [-0.2, 0) is 4.79 Å². The molecule has 0 aliphatic carbocycles. The third kappa shape index (κ3) is 5.93. The Labute approximate surface area is 90.5 Å². The fourth-order valence-electron chi connectivity index (χ4n) is 0.850. The van der Waals surface area contributed by atoms with Crippen molar-refractivity contribution >= 4 is 12.0 Å². The first-order chi connectivity index (χ1) is 6.78. The van der Waals surface area contributed by atoms with Gasteiger partial charge in [0.2, 0.25) is 0 Å². The van der Waals surface area contributed by atoms with Gasteiger partial charge in [0.25, 0.3) is 0 Å². The van der Waals surface area contributed by atoms with Crippen LogP contribution >= 0.6 is 0 Å². The molecule has 0 unspecified atom stereocenters. The van der Waals surface area contributed by atoms with Crippen LogP contribution in [0.3, 0.4) is 0 Å². The molecule has 0 saturated carbocycles. The second-order valence-electron chi connectivity index (χ2n) is 4.43. The fourth-order valence-corrected chi connectivity index (χ4v) is 0.850. The van der Waals surface area contributed by atoms with Crippen LogP contribution < -0.4 is 5.32 Å². The van der Waals surface area contributed by atoms with Crippen LogP contribution in [0.5, 0.6) is 0 Å². The molecule has 15 heavy (non-hydrogen) atoms. The van der Waals surface area contributed by atoms with E-state index in [2.05, 4.69) is 5.32 Å². The molecule has 2 N–H and O–H groups in total. The first-order valence-electron chi connectivity index (χ1n) is 4.99. The largest absolute Gasteiger partial charge is 0.480 e. The minimum absolute atomic E-state index is 0.0414. The lowest BCUT2D eigenvalue weighted by Crippen LogP contribution is -2.43. The normalized spacial score (nSPS) is 10.9. The molecule has 0 rings (SSSR count).